The van der Waals surface area contributed by atoms with Gasteiger partial charge in [-0.2, -0.15) is 0 Å². The monoisotopic (exact) mass is 277 g/mol. The molecule has 0 atom stereocenters. The van der Waals surface area contributed by atoms with E-state index in [4.69, 9.17) is 0 Å². The van der Waals surface area contributed by atoms with Crippen molar-refractivity contribution >= 4 is 0 Å². The van der Waals surface area contributed by atoms with Gasteiger partial charge in [-0.15, -0.1) is 0 Å². The SMILES string of the molecule is CC(C)(O)C(C)(C)[CH+]c1ccc(C2CC(O)(O)C2)cc1. The van der Waals surface area contributed by atoms with Gasteiger partial charge in [0.15, 0.2) is 5.79 Å². The summed E-state index contributed by atoms with van der Waals surface area (Å²) < 4.78 is 0. The van der Waals surface area contributed by atoms with Gasteiger partial charge in [-0.25, -0.2) is 0 Å². The van der Waals surface area contributed by atoms with Crippen molar-refractivity contribution in [1.29, 1.82) is 0 Å². The Labute approximate surface area is 121 Å². The predicted octanol–water partition coefficient (Wildman–Crippen LogP) is 2.59. The molecular formula is C17H25O3+. The molecular weight excluding hydrogens is 252 g/mol. The Bertz CT molecular complexity index is 458. The zero-order valence-corrected chi connectivity index (χ0v) is 12.7. The quantitative estimate of drug-likeness (QED) is 0.585. The van der Waals surface area contributed by atoms with E-state index >= 15 is 0 Å². The van der Waals surface area contributed by atoms with Crippen LogP contribution in [0.4, 0.5) is 0 Å². The average molecular weight is 277 g/mol. The summed E-state index contributed by atoms with van der Waals surface area (Å²) in [6.07, 6.45) is 2.89. The van der Waals surface area contributed by atoms with Gasteiger partial charge < -0.3 is 15.3 Å². The molecule has 0 aliphatic heterocycles. The Kier molecular flexibility index (Phi) is 3.66. The number of hydrogen-bond acceptors (Lipinski definition) is 3. The van der Waals surface area contributed by atoms with E-state index in [1.807, 2.05) is 52.0 Å². The summed E-state index contributed by atoms with van der Waals surface area (Å²) >= 11 is 0. The lowest BCUT2D eigenvalue weighted by molar-refractivity contribution is -0.220. The average Bonchev–Trinajstić information content (AvgIpc) is 2.24. The minimum Gasteiger partial charge on any atom is -0.388 e. The number of benzene rings is 1. The molecule has 1 aromatic rings. The first-order valence-corrected chi connectivity index (χ1v) is 7.13. The number of rotatable bonds is 4. The molecule has 1 aliphatic rings. The molecule has 1 aliphatic carbocycles. The second-order valence-electron chi connectivity index (χ2n) is 7.18. The van der Waals surface area contributed by atoms with Gasteiger partial charge in [0, 0.05) is 31.4 Å². The Morgan fingerprint density at radius 3 is 1.95 bits per heavy atom. The summed E-state index contributed by atoms with van der Waals surface area (Å²) in [4.78, 5) is 0. The second kappa shape index (κ2) is 4.76. The standard InChI is InChI=1S/C17H25O3/c1-15(2,16(3,4)18)9-12-5-7-13(8-6-12)14-10-17(19,20)11-14/h5-9,14,18-20H,10-11H2,1-4H3/q+1. The van der Waals surface area contributed by atoms with E-state index in [0.717, 1.165) is 11.1 Å². The lowest BCUT2D eigenvalue weighted by Gasteiger charge is -2.39. The Morgan fingerprint density at radius 2 is 1.55 bits per heavy atom. The smallest absolute Gasteiger partial charge is 0.163 e. The van der Waals surface area contributed by atoms with Crippen LogP contribution in [0.15, 0.2) is 24.3 Å². The molecule has 1 aromatic carbocycles. The molecule has 110 valence electrons. The molecule has 1 fully saturated rings. The highest BCUT2D eigenvalue weighted by atomic mass is 16.5. The normalized spacial score (nSPS) is 19.6. The van der Waals surface area contributed by atoms with Gasteiger partial charge in [-0.3, -0.25) is 0 Å². The third kappa shape index (κ3) is 3.17. The molecule has 2 rings (SSSR count). The maximum atomic E-state index is 10.2. The van der Waals surface area contributed by atoms with Crippen LogP contribution < -0.4 is 0 Å². The van der Waals surface area contributed by atoms with Gasteiger partial charge in [0.2, 0.25) is 0 Å². The Morgan fingerprint density at radius 1 is 1.05 bits per heavy atom. The van der Waals surface area contributed by atoms with Crippen molar-refractivity contribution in [3.63, 3.8) is 0 Å². The molecule has 0 unspecified atom stereocenters. The molecule has 0 amide bonds. The fourth-order valence-electron chi connectivity index (χ4n) is 2.42. The zero-order chi connectivity index (χ0) is 15.2. The van der Waals surface area contributed by atoms with Crippen LogP contribution in [0.1, 0.15) is 57.6 Å². The third-order valence-electron chi connectivity index (χ3n) is 4.66. The van der Waals surface area contributed by atoms with Gasteiger partial charge in [-0.1, -0.05) is 0 Å². The molecule has 3 N–H and O–H groups in total. The van der Waals surface area contributed by atoms with Crippen LogP contribution in [-0.4, -0.2) is 26.7 Å². The molecule has 0 heterocycles. The molecule has 3 heteroatoms. The van der Waals surface area contributed by atoms with Gasteiger partial charge in [-0.05, 0) is 51.3 Å². The van der Waals surface area contributed by atoms with Crippen LogP contribution in [-0.2, 0) is 0 Å². The molecule has 20 heavy (non-hydrogen) atoms. The summed E-state index contributed by atoms with van der Waals surface area (Å²) in [5.74, 6) is -1.24. The predicted molar refractivity (Wildman–Crippen MR) is 79.1 cm³/mol. The van der Waals surface area contributed by atoms with Crippen molar-refractivity contribution in [2.75, 3.05) is 0 Å². The van der Waals surface area contributed by atoms with Crippen molar-refractivity contribution in [3.05, 3.63) is 41.8 Å². The van der Waals surface area contributed by atoms with Crippen LogP contribution in [0.25, 0.3) is 0 Å². The first-order valence-electron chi connectivity index (χ1n) is 7.13. The van der Waals surface area contributed by atoms with E-state index in [1.54, 1.807) is 0 Å². The van der Waals surface area contributed by atoms with E-state index < -0.39 is 11.4 Å². The number of hydrogen-bond donors (Lipinski definition) is 3. The lowest BCUT2D eigenvalue weighted by atomic mass is 9.72. The van der Waals surface area contributed by atoms with E-state index in [2.05, 4.69) is 6.42 Å². The first kappa shape index (κ1) is 15.4. The lowest BCUT2D eigenvalue weighted by Crippen LogP contribution is -2.42. The highest BCUT2D eigenvalue weighted by molar-refractivity contribution is 5.33. The molecule has 0 aromatic heterocycles. The summed E-state index contributed by atoms with van der Waals surface area (Å²) in [5.41, 5.74) is 1.10. The van der Waals surface area contributed by atoms with E-state index in [1.165, 1.54) is 0 Å². The molecule has 3 nitrogen and oxygen atoms in total. The van der Waals surface area contributed by atoms with Crippen molar-refractivity contribution in [3.8, 4) is 0 Å². The fraction of sp³-hybridized carbons (Fsp3) is 0.588. The number of aliphatic hydroxyl groups is 3. The zero-order valence-electron chi connectivity index (χ0n) is 12.7. The van der Waals surface area contributed by atoms with Crippen LogP contribution in [0.5, 0.6) is 0 Å². The first-order chi connectivity index (χ1) is 9.00. The molecule has 0 saturated heterocycles. The minimum absolute atomic E-state index is 0.237. The molecule has 0 spiro atoms. The van der Waals surface area contributed by atoms with E-state index in [9.17, 15) is 15.3 Å². The Balaban J connectivity index is 2.03. The van der Waals surface area contributed by atoms with Crippen LogP contribution in [0.3, 0.4) is 0 Å². The topological polar surface area (TPSA) is 60.7 Å². The fourth-order valence-corrected chi connectivity index (χ4v) is 2.42. The van der Waals surface area contributed by atoms with Gasteiger partial charge >= 0.3 is 0 Å². The molecule has 0 bridgehead atoms. The molecule has 1 saturated carbocycles. The Hall–Kier alpha value is -1.03. The van der Waals surface area contributed by atoms with E-state index in [-0.39, 0.29) is 11.3 Å². The summed E-state index contributed by atoms with van der Waals surface area (Å²) in [6, 6.07) is 8.12. The van der Waals surface area contributed by atoms with E-state index in [0.29, 0.717) is 12.8 Å². The largest absolute Gasteiger partial charge is 0.388 e. The highest BCUT2D eigenvalue weighted by Crippen LogP contribution is 2.43. The molecule has 0 radical (unpaired) electrons. The summed E-state index contributed by atoms with van der Waals surface area (Å²) in [7, 11) is 0. The summed E-state index contributed by atoms with van der Waals surface area (Å²) in [6.45, 7) is 7.65. The van der Waals surface area contributed by atoms with Crippen molar-refractivity contribution in [2.24, 2.45) is 5.41 Å². The second-order valence-corrected chi connectivity index (χ2v) is 7.18. The van der Waals surface area contributed by atoms with Gasteiger partial charge in [0.05, 0.1) is 11.0 Å². The van der Waals surface area contributed by atoms with Crippen molar-refractivity contribution in [1.82, 2.24) is 0 Å². The maximum absolute atomic E-state index is 10.2. The van der Waals surface area contributed by atoms with Crippen LogP contribution in [0.2, 0.25) is 0 Å². The van der Waals surface area contributed by atoms with Gasteiger partial charge in [0.25, 0.3) is 0 Å². The van der Waals surface area contributed by atoms with Crippen molar-refractivity contribution < 1.29 is 15.3 Å². The highest BCUT2D eigenvalue weighted by Gasteiger charge is 2.42. The third-order valence-corrected chi connectivity index (χ3v) is 4.66. The maximum Gasteiger partial charge on any atom is 0.163 e. The summed E-state index contributed by atoms with van der Waals surface area (Å²) in [5, 5.41) is 28.9. The minimum atomic E-state index is -1.47. The van der Waals surface area contributed by atoms with Gasteiger partial charge in [0.1, 0.15) is 5.56 Å². The van der Waals surface area contributed by atoms with Crippen molar-refractivity contribution in [2.45, 2.75) is 57.8 Å². The van der Waals surface area contributed by atoms with Crippen LogP contribution >= 0.6 is 0 Å². The van der Waals surface area contributed by atoms with Crippen LogP contribution in [0, 0.1) is 11.8 Å².